The van der Waals surface area contributed by atoms with Gasteiger partial charge in [-0.3, -0.25) is 4.79 Å². The zero-order valence-electron chi connectivity index (χ0n) is 13.7. The second-order valence-corrected chi connectivity index (χ2v) is 6.99. The molecule has 2 heterocycles. The van der Waals surface area contributed by atoms with E-state index in [0.717, 1.165) is 18.4 Å². The third kappa shape index (κ3) is 3.57. The first-order chi connectivity index (χ1) is 11.3. The number of carbonyl (C=O) groups is 1. The summed E-state index contributed by atoms with van der Waals surface area (Å²) in [6.07, 6.45) is 1.69. The molecule has 8 heteroatoms. The summed E-state index contributed by atoms with van der Waals surface area (Å²) in [7, 11) is 0. The molecule has 128 valence electrons. The highest BCUT2D eigenvalue weighted by Gasteiger charge is 2.38. The van der Waals surface area contributed by atoms with E-state index in [1.54, 1.807) is 43.0 Å². The van der Waals surface area contributed by atoms with Gasteiger partial charge in [-0.1, -0.05) is 11.6 Å². The van der Waals surface area contributed by atoms with Crippen molar-refractivity contribution < 1.29 is 9.90 Å². The fourth-order valence-corrected chi connectivity index (χ4v) is 3.16. The lowest BCUT2D eigenvalue weighted by Gasteiger charge is -2.33. The first-order valence-corrected chi connectivity index (χ1v) is 8.28. The molecular weight excluding hydrogens is 330 g/mol. The summed E-state index contributed by atoms with van der Waals surface area (Å²) >= 11 is 5.86. The van der Waals surface area contributed by atoms with Gasteiger partial charge in [-0.05, 0) is 56.2 Å². The highest BCUT2D eigenvalue weighted by atomic mass is 35.5. The van der Waals surface area contributed by atoms with Crippen molar-refractivity contribution in [3.05, 3.63) is 29.3 Å². The Balaban J connectivity index is 1.70. The van der Waals surface area contributed by atoms with Crippen molar-refractivity contribution in [1.29, 1.82) is 0 Å². The van der Waals surface area contributed by atoms with E-state index in [9.17, 15) is 9.90 Å². The van der Waals surface area contributed by atoms with Gasteiger partial charge in [-0.2, -0.15) is 4.80 Å². The standard InChI is InChI=1S/C16H20ClN5O2/c1-16(2,24)13-4-3-9-21(13)14(23)10-22-19-15(18-20-22)11-5-7-12(17)8-6-11/h5-8,13,24H,3-4,9-10H2,1-2H3. The van der Waals surface area contributed by atoms with Crippen LogP contribution in [0.25, 0.3) is 11.4 Å². The molecule has 7 nitrogen and oxygen atoms in total. The summed E-state index contributed by atoms with van der Waals surface area (Å²) < 4.78 is 0. The number of hydrogen-bond acceptors (Lipinski definition) is 5. The van der Waals surface area contributed by atoms with Crippen LogP contribution in [0.4, 0.5) is 0 Å². The monoisotopic (exact) mass is 349 g/mol. The van der Waals surface area contributed by atoms with E-state index in [-0.39, 0.29) is 18.5 Å². The molecule has 1 saturated heterocycles. The predicted octanol–water partition coefficient (Wildman–Crippen LogP) is 1.76. The van der Waals surface area contributed by atoms with Crippen LogP contribution in [-0.2, 0) is 11.3 Å². The number of aliphatic hydroxyl groups is 1. The number of rotatable bonds is 4. The molecule has 1 amide bonds. The van der Waals surface area contributed by atoms with Gasteiger partial charge in [0.05, 0.1) is 11.6 Å². The van der Waals surface area contributed by atoms with Gasteiger partial charge in [0, 0.05) is 17.1 Å². The maximum atomic E-state index is 12.5. The Morgan fingerprint density at radius 3 is 2.75 bits per heavy atom. The number of hydrogen-bond donors (Lipinski definition) is 1. The second kappa shape index (κ2) is 6.49. The van der Waals surface area contributed by atoms with E-state index in [1.807, 2.05) is 0 Å². The van der Waals surface area contributed by atoms with E-state index in [0.29, 0.717) is 17.4 Å². The number of aromatic nitrogens is 4. The fourth-order valence-electron chi connectivity index (χ4n) is 3.04. The van der Waals surface area contributed by atoms with Crippen molar-refractivity contribution in [2.45, 2.75) is 44.9 Å². The molecule has 0 bridgehead atoms. The molecule has 2 aromatic rings. The molecular formula is C16H20ClN5O2. The first kappa shape index (κ1) is 16.9. The summed E-state index contributed by atoms with van der Waals surface area (Å²) in [5, 5.41) is 23.0. The quantitative estimate of drug-likeness (QED) is 0.909. The lowest BCUT2D eigenvalue weighted by Crippen LogP contribution is -2.49. The van der Waals surface area contributed by atoms with E-state index >= 15 is 0 Å². The molecule has 0 radical (unpaired) electrons. The summed E-state index contributed by atoms with van der Waals surface area (Å²) in [6, 6.07) is 6.93. The number of amides is 1. The third-order valence-corrected chi connectivity index (χ3v) is 4.47. The minimum absolute atomic E-state index is 0.00711. The molecule has 1 fully saturated rings. The van der Waals surface area contributed by atoms with Crippen LogP contribution in [0.3, 0.4) is 0 Å². The van der Waals surface area contributed by atoms with Crippen LogP contribution in [0, 0.1) is 0 Å². The van der Waals surface area contributed by atoms with Crippen molar-refractivity contribution in [2.24, 2.45) is 0 Å². The average Bonchev–Trinajstić information content (AvgIpc) is 3.16. The Labute approximate surface area is 145 Å². The van der Waals surface area contributed by atoms with Gasteiger partial charge >= 0.3 is 0 Å². The van der Waals surface area contributed by atoms with Gasteiger partial charge in [0.2, 0.25) is 11.7 Å². The van der Waals surface area contributed by atoms with Crippen molar-refractivity contribution in [1.82, 2.24) is 25.1 Å². The number of halogens is 1. The van der Waals surface area contributed by atoms with Crippen LogP contribution < -0.4 is 0 Å². The first-order valence-electron chi connectivity index (χ1n) is 7.90. The van der Waals surface area contributed by atoms with E-state index in [4.69, 9.17) is 11.6 Å². The molecule has 24 heavy (non-hydrogen) atoms. The van der Waals surface area contributed by atoms with E-state index in [1.165, 1.54) is 4.80 Å². The summed E-state index contributed by atoms with van der Waals surface area (Å²) in [5.41, 5.74) is -0.134. The second-order valence-electron chi connectivity index (χ2n) is 6.55. The molecule has 3 rings (SSSR count). The fraction of sp³-hybridized carbons (Fsp3) is 0.500. The molecule has 1 atom stereocenters. The average molecular weight is 350 g/mol. The zero-order chi connectivity index (χ0) is 17.3. The summed E-state index contributed by atoms with van der Waals surface area (Å²) in [6.45, 7) is 4.12. The molecule has 0 aliphatic carbocycles. The van der Waals surface area contributed by atoms with Gasteiger partial charge in [0.25, 0.3) is 0 Å². The Morgan fingerprint density at radius 2 is 2.08 bits per heavy atom. The van der Waals surface area contributed by atoms with Gasteiger partial charge in [0.1, 0.15) is 6.54 Å². The molecule has 1 aliphatic heterocycles. The van der Waals surface area contributed by atoms with E-state index in [2.05, 4.69) is 15.4 Å². The SMILES string of the molecule is CC(C)(O)C1CCCN1C(=O)Cn1nnc(-c2ccc(Cl)cc2)n1. The minimum atomic E-state index is -0.920. The topological polar surface area (TPSA) is 84.1 Å². The summed E-state index contributed by atoms with van der Waals surface area (Å²) in [5.74, 6) is 0.333. The van der Waals surface area contributed by atoms with Crippen molar-refractivity contribution >= 4 is 17.5 Å². The lowest BCUT2D eigenvalue weighted by molar-refractivity contribution is -0.137. The Hall–Kier alpha value is -1.99. The van der Waals surface area contributed by atoms with Gasteiger partial charge in [-0.15, -0.1) is 10.2 Å². The van der Waals surface area contributed by atoms with Crippen molar-refractivity contribution in [3.63, 3.8) is 0 Å². The van der Waals surface area contributed by atoms with Gasteiger partial charge in [-0.25, -0.2) is 0 Å². The molecule has 1 aromatic carbocycles. The normalized spacial score (nSPS) is 18.2. The molecule has 1 aromatic heterocycles. The molecule has 1 aliphatic rings. The minimum Gasteiger partial charge on any atom is -0.388 e. The third-order valence-electron chi connectivity index (χ3n) is 4.22. The number of carbonyl (C=O) groups excluding carboxylic acids is 1. The lowest BCUT2D eigenvalue weighted by atomic mass is 9.96. The van der Waals surface area contributed by atoms with Crippen molar-refractivity contribution in [3.8, 4) is 11.4 Å². The number of nitrogens with zero attached hydrogens (tertiary/aromatic N) is 5. The largest absolute Gasteiger partial charge is 0.388 e. The number of tetrazole rings is 1. The van der Waals surface area contributed by atoms with E-state index < -0.39 is 5.60 Å². The Bertz CT molecular complexity index is 723. The molecule has 0 saturated carbocycles. The molecule has 1 unspecified atom stereocenters. The Kier molecular flexibility index (Phi) is 4.56. The van der Waals surface area contributed by atoms with Crippen LogP contribution in [0.5, 0.6) is 0 Å². The summed E-state index contributed by atoms with van der Waals surface area (Å²) in [4.78, 5) is 15.5. The molecule has 1 N–H and O–H groups in total. The van der Waals surface area contributed by atoms with Crippen LogP contribution in [0.2, 0.25) is 5.02 Å². The zero-order valence-corrected chi connectivity index (χ0v) is 14.4. The number of likely N-dealkylation sites (tertiary alicyclic amines) is 1. The maximum Gasteiger partial charge on any atom is 0.246 e. The van der Waals surface area contributed by atoms with Crippen LogP contribution in [0.15, 0.2) is 24.3 Å². The molecule has 0 spiro atoms. The number of benzene rings is 1. The predicted molar refractivity (Wildman–Crippen MR) is 89.3 cm³/mol. The van der Waals surface area contributed by atoms with Crippen LogP contribution >= 0.6 is 11.6 Å². The van der Waals surface area contributed by atoms with Crippen LogP contribution in [0.1, 0.15) is 26.7 Å². The maximum absolute atomic E-state index is 12.5. The van der Waals surface area contributed by atoms with Gasteiger partial charge in [0.15, 0.2) is 0 Å². The smallest absolute Gasteiger partial charge is 0.246 e. The van der Waals surface area contributed by atoms with Crippen LogP contribution in [-0.4, -0.2) is 54.3 Å². The highest BCUT2D eigenvalue weighted by molar-refractivity contribution is 6.30. The van der Waals surface area contributed by atoms with Gasteiger partial charge < -0.3 is 10.0 Å². The Morgan fingerprint density at radius 1 is 1.38 bits per heavy atom. The van der Waals surface area contributed by atoms with Crippen molar-refractivity contribution in [2.75, 3.05) is 6.54 Å². The highest BCUT2D eigenvalue weighted by Crippen LogP contribution is 2.27.